The number of carboxylic acids is 1. The molecule has 210 valence electrons. The Morgan fingerprint density at radius 1 is 1.15 bits per heavy atom. The zero-order chi connectivity index (χ0) is 28.6. The molecule has 2 atom stereocenters. The van der Waals surface area contributed by atoms with Gasteiger partial charge in [0.15, 0.2) is 0 Å². The van der Waals surface area contributed by atoms with Crippen LogP contribution in [-0.2, 0) is 7.05 Å². The molecule has 0 radical (unpaired) electrons. The Labute approximate surface area is 234 Å². The van der Waals surface area contributed by atoms with Gasteiger partial charge in [0.25, 0.3) is 0 Å². The van der Waals surface area contributed by atoms with Gasteiger partial charge >= 0.3 is 5.97 Å². The quantitative estimate of drug-likeness (QED) is 0.304. The fraction of sp³-hybridized carbons (Fsp3) is 0.333. The highest BCUT2D eigenvalue weighted by Crippen LogP contribution is 2.45. The maximum absolute atomic E-state index is 14.9. The Morgan fingerprint density at radius 3 is 2.73 bits per heavy atom. The maximum Gasteiger partial charge on any atom is 0.341 e. The zero-order valence-corrected chi connectivity index (χ0v) is 23.0. The second kappa shape index (κ2) is 9.27. The molecule has 4 aromatic heterocycles. The number of aromatic carboxylic acids is 1. The predicted octanol–water partition coefficient (Wildman–Crippen LogP) is 4.04. The number of nitrogens with one attached hydrogen (secondary N) is 2. The lowest BCUT2D eigenvalue weighted by molar-refractivity contribution is 0.0695. The lowest BCUT2D eigenvalue weighted by Gasteiger charge is -2.33. The van der Waals surface area contributed by atoms with Crippen molar-refractivity contribution in [1.82, 2.24) is 24.4 Å². The molecule has 0 spiro atoms. The maximum atomic E-state index is 14.9. The fourth-order valence-electron chi connectivity index (χ4n) is 6.90. The van der Waals surface area contributed by atoms with E-state index in [4.69, 9.17) is 4.98 Å². The smallest absolute Gasteiger partial charge is 0.341 e. The van der Waals surface area contributed by atoms with Gasteiger partial charge in [-0.05, 0) is 50.6 Å². The van der Waals surface area contributed by atoms with Crippen LogP contribution in [0.2, 0.25) is 0 Å². The minimum absolute atomic E-state index is 0.216. The molecule has 2 saturated heterocycles. The second-order valence-electron chi connectivity index (χ2n) is 11.2. The number of pyridine rings is 3. The van der Waals surface area contributed by atoms with Gasteiger partial charge in [0.2, 0.25) is 5.43 Å². The summed E-state index contributed by atoms with van der Waals surface area (Å²) in [5.41, 5.74) is 3.84. The molecule has 2 fully saturated rings. The number of halogens is 1. The van der Waals surface area contributed by atoms with Crippen LogP contribution in [0, 0.1) is 11.7 Å². The van der Waals surface area contributed by atoms with Crippen LogP contribution < -0.4 is 15.6 Å². The number of aryl methyl sites for hydroxylation is 1. The molecule has 6 heterocycles. The number of carbonyl (C=O) groups is 1. The van der Waals surface area contributed by atoms with E-state index in [1.807, 2.05) is 0 Å². The van der Waals surface area contributed by atoms with E-state index >= 15 is 0 Å². The number of aromatic amines is 1. The van der Waals surface area contributed by atoms with Gasteiger partial charge in [-0.1, -0.05) is 0 Å². The van der Waals surface area contributed by atoms with Gasteiger partial charge in [-0.25, -0.2) is 19.2 Å². The molecule has 2 unspecified atom stereocenters. The highest BCUT2D eigenvalue weighted by Gasteiger charge is 2.39. The summed E-state index contributed by atoms with van der Waals surface area (Å²) in [4.78, 5) is 42.5. The molecule has 0 aliphatic carbocycles. The number of hydrogen-bond acceptors (Lipinski definition) is 7. The van der Waals surface area contributed by atoms with Crippen LogP contribution in [0.4, 0.5) is 15.8 Å². The lowest BCUT2D eigenvalue weighted by Crippen LogP contribution is -2.42. The fourth-order valence-corrected chi connectivity index (χ4v) is 6.90. The van der Waals surface area contributed by atoms with Crippen LogP contribution in [0.3, 0.4) is 0 Å². The molecular weight excluding hydrogens is 525 g/mol. The summed E-state index contributed by atoms with van der Waals surface area (Å²) in [6, 6.07) is 5.09. The number of H-pyrrole nitrogens is 1. The van der Waals surface area contributed by atoms with Crippen molar-refractivity contribution in [3.63, 3.8) is 0 Å². The number of piperidine rings is 1. The molecule has 0 bridgehead atoms. The minimum atomic E-state index is -1.29. The van der Waals surface area contributed by atoms with Gasteiger partial charge in [0.1, 0.15) is 22.7 Å². The summed E-state index contributed by atoms with van der Waals surface area (Å²) in [6.07, 6.45) is 7.05. The third kappa shape index (κ3) is 3.86. The number of rotatable bonds is 4. The Kier molecular flexibility index (Phi) is 5.75. The van der Waals surface area contributed by atoms with Crippen molar-refractivity contribution in [2.75, 3.05) is 43.9 Å². The van der Waals surface area contributed by atoms with Gasteiger partial charge < -0.3 is 29.8 Å². The summed E-state index contributed by atoms with van der Waals surface area (Å²) < 4.78 is 16.4. The van der Waals surface area contributed by atoms with Crippen molar-refractivity contribution in [2.45, 2.75) is 18.9 Å². The van der Waals surface area contributed by atoms with E-state index in [1.165, 1.54) is 18.3 Å². The Bertz CT molecular complexity index is 1950. The van der Waals surface area contributed by atoms with Crippen molar-refractivity contribution in [3.8, 4) is 11.1 Å². The van der Waals surface area contributed by atoms with Crippen LogP contribution >= 0.6 is 0 Å². The minimum Gasteiger partial charge on any atom is -0.477 e. The van der Waals surface area contributed by atoms with Crippen LogP contribution in [0.5, 0.6) is 0 Å². The van der Waals surface area contributed by atoms with E-state index in [2.05, 4.69) is 32.1 Å². The zero-order valence-electron chi connectivity index (χ0n) is 23.0. The number of nitrogens with zero attached hydrogens (tertiary/aromatic N) is 5. The first-order valence-electron chi connectivity index (χ1n) is 13.7. The normalized spacial score (nSPS) is 19.4. The molecule has 11 heteroatoms. The van der Waals surface area contributed by atoms with Crippen molar-refractivity contribution >= 4 is 50.3 Å². The number of fused-ring (bicyclic) bond motifs is 5. The number of hydrogen-bond donors (Lipinski definition) is 3. The standard InChI is InChI=1S/C30H30FN7O3/c1-32-22-9-17(31)8-18-24-26(38-12-15-5-4-6-36(2)23(15)14-38)20(11-33-28(24)35-25(18)22)16-7-19-27(39)21(30(40)41)13-37(3)29(19)34-10-16/h7-11,13,15,23,32H,4-6,12,14H2,1-3H3,(H,33,35)(H,40,41). The second-order valence-corrected chi connectivity index (χ2v) is 11.2. The average molecular weight is 556 g/mol. The first kappa shape index (κ1) is 25.5. The number of anilines is 2. The van der Waals surface area contributed by atoms with Crippen LogP contribution in [0.1, 0.15) is 23.2 Å². The largest absolute Gasteiger partial charge is 0.477 e. The molecule has 2 aliphatic rings. The number of benzene rings is 1. The summed E-state index contributed by atoms with van der Waals surface area (Å²) in [7, 11) is 5.60. The molecular formula is C30H30FN7O3. The Hall–Kier alpha value is -4.51. The van der Waals surface area contributed by atoms with Crippen LogP contribution in [0.25, 0.3) is 44.1 Å². The molecule has 0 amide bonds. The third-order valence-electron chi connectivity index (χ3n) is 8.87. The molecule has 1 aromatic carbocycles. The molecule has 7 rings (SSSR count). The topological polar surface area (TPSA) is 119 Å². The molecule has 3 N–H and O–H groups in total. The van der Waals surface area contributed by atoms with Gasteiger partial charge in [-0.2, -0.15) is 0 Å². The average Bonchev–Trinajstić information content (AvgIpc) is 3.56. The van der Waals surface area contributed by atoms with E-state index in [0.717, 1.165) is 60.0 Å². The highest BCUT2D eigenvalue weighted by molar-refractivity contribution is 6.18. The van der Waals surface area contributed by atoms with E-state index in [1.54, 1.807) is 37.1 Å². The van der Waals surface area contributed by atoms with E-state index in [9.17, 15) is 19.1 Å². The summed E-state index contributed by atoms with van der Waals surface area (Å²) in [5.74, 6) is -1.14. The van der Waals surface area contributed by atoms with Gasteiger partial charge in [0.05, 0.1) is 27.7 Å². The highest BCUT2D eigenvalue weighted by atomic mass is 19.1. The van der Waals surface area contributed by atoms with E-state index < -0.39 is 11.4 Å². The van der Waals surface area contributed by atoms with Gasteiger partial charge in [-0.3, -0.25) is 4.79 Å². The van der Waals surface area contributed by atoms with Crippen LogP contribution in [-0.4, -0.2) is 75.3 Å². The predicted molar refractivity (Wildman–Crippen MR) is 157 cm³/mol. The van der Waals surface area contributed by atoms with Crippen molar-refractivity contribution < 1.29 is 14.3 Å². The molecule has 10 nitrogen and oxygen atoms in total. The van der Waals surface area contributed by atoms with Crippen molar-refractivity contribution in [1.29, 1.82) is 0 Å². The number of carboxylic acid groups (broad SMARTS) is 1. The lowest BCUT2D eigenvalue weighted by atomic mass is 9.93. The first-order valence-corrected chi connectivity index (χ1v) is 13.7. The number of aromatic nitrogens is 4. The first-order chi connectivity index (χ1) is 19.7. The Balaban J connectivity index is 1.52. The number of likely N-dealkylation sites (N-methyl/N-ethyl adjacent to an activating group) is 1. The summed E-state index contributed by atoms with van der Waals surface area (Å²) >= 11 is 0. The summed E-state index contributed by atoms with van der Waals surface area (Å²) in [5, 5.41) is 14.4. The monoisotopic (exact) mass is 555 g/mol. The van der Waals surface area contributed by atoms with Crippen molar-refractivity contribution in [3.05, 3.63) is 58.4 Å². The SMILES string of the molecule is CNc1cc(F)cc2c1[nH]c1ncc(-c3cnc4c(c3)c(=O)c(C(=O)O)cn4C)c(N3CC4CCCN(C)C4C3)c12. The molecule has 0 saturated carbocycles. The molecule has 2 aliphatic heterocycles. The molecule has 5 aromatic rings. The number of likely N-dealkylation sites (tertiary alicyclic amines) is 1. The van der Waals surface area contributed by atoms with E-state index in [-0.39, 0.29) is 16.8 Å². The summed E-state index contributed by atoms with van der Waals surface area (Å²) in [6.45, 7) is 2.70. The van der Waals surface area contributed by atoms with E-state index in [0.29, 0.717) is 34.5 Å². The van der Waals surface area contributed by atoms with Crippen molar-refractivity contribution in [2.24, 2.45) is 13.0 Å². The third-order valence-corrected chi connectivity index (χ3v) is 8.87. The Morgan fingerprint density at radius 2 is 1.98 bits per heavy atom. The van der Waals surface area contributed by atoms with Gasteiger partial charge in [-0.15, -0.1) is 0 Å². The molecule has 41 heavy (non-hydrogen) atoms. The van der Waals surface area contributed by atoms with Gasteiger partial charge in [0, 0.05) is 68.3 Å². The van der Waals surface area contributed by atoms with Crippen LogP contribution in [0.15, 0.2) is 41.6 Å².